The third kappa shape index (κ3) is 3.00. The van der Waals surface area contributed by atoms with Crippen LogP contribution in [0.5, 0.6) is 0 Å². The molecule has 0 aromatic heterocycles. The zero-order chi connectivity index (χ0) is 12.3. The number of hydrogen-bond acceptors (Lipinski definition) is 3. The maximum Gasteiger partial charge on any atom is 0.123 e. The predicted molar refractivity (Wildman–Crippen MR) is 70.4 cm³/mol. The van der Waals surface area contributed by atoms with Crippen molar-refractivity contribution in [1.82, 2.24) is 10.2 Å². The van der Waals surface area contributed by atoms with Crippen LogP contribution < -0.4 is 11.1 Å². The second-order valence-electron chi connectivity index (χ2n) is 4.15. The molecule has 92 valence electrons. The van der Waals surface area contributed by atoms with Crippen molar-refractivity contribution in [3.63, 3.8) is 0 Å². The van der Waals surface area contributed by atoms with E-state index in [1.165, 1.54) is 12.1 Å². The number of benzene rings is 1. The van der Waals surface area contributed by atoms with Crippen LogP contribution >= 0.6 is 12.2 Å². The Labute approximate surface area is 106 Å². The fourth-order valence-electron chi connectivity index (χ4n) is 2.17. The van der Waals surface area contributed by atoms with Crippen LogP contribution in [0.25, 0.3) is 0 Å². The molecule has 0 amide bonds. The van der Waals surface area contributed by atoms with Crippen LogP contribution in [-0.4, -0.2) is 36.1 Å². The van der Waals surface area contributed by atoms with Crippen molar-refractivity contribution in [1.29, 1.82) is 0 Å². The Morgan fingerprint density at radius 3 is 2.71 bits per heavy atom. The Bertz CT molecular complexity index is 404. The van der Waals surface area contributed by atoms with Crippen LogP contribution in [-0.2, 0) is 0 Å². The van der Waals surface area contributed by atoms with Crippen LogP contribution in [0.2, 0.25) is 0 Å². The van der Waals surface area contributed by atoms with Gasteiger partial charge in [0, 0.05) is 26.2 Å². The summed E-state index contributed by atoms with van der Waals surface area (Å²) >= 11 is 5.12. The highest BCUT2D eigenvalue weighted by Crippen LogP contribution is 2.22. The number of nitrogens with zero attached hydrogens (tertiary/aromatic N) is 1. The largest absolute Gasteiger partial charge is 0.392 e. The average Bonchev–Trinajstić information content (AvgIpc) is 2.30. The lowest BCUT2D eigenvalue weighted by atomic mass is 10.0. The van der Waals surface area contributed by atoms with Crippen molar-refractivity contribution in [2.75, 3.05) is 26.2 Å². The lowest BCUT2D eigenvalue weighted by molar-refractivity contribution is 0.215. The van der Waals surface area contributed by atoms with Gasteiger partial charge >= 0.3 is 0 Å². The van der Waals surface area contributed by atoms with Gasteiger partial charge in [0.2, 0.25) is 0 Å². The molecule has 0 saturated carbocycles. The van der Waals surface area contributed by atoms with E-state index in [1.54, 1.807) is 6.07 Å². The summed E-state index contributed by atoms with van der Waals surface area (Å²) in [6.45, 7) is 3.57. The summed E-state index contributed by atoms with van der Waals surface area (Å²) in [6, 6.07) is 6.33. The first-order valence-corrected chi connectivity index (χ1v) is 6.09. The molecule has 1 heterocycles. The fraction of sp³-hybridized carbons (Fsp3) is 0.417. The highest BCUT2D eigenvalue weighted by Gasteiger charge is 2.24. The monoisotopic (exact) mass is 253 g/mol. The molecule has 17 heavy (non-hydrogen) atoms. The highest BCUT2D eigenvalue weighted by molar-refractivity contribution is 7.80. The van der Waals surface area contributed by atoms with Crippen LogP contribution in [0.3, 0.4) is 0 Å². The van der Waals surface area contributed by atoms with Gasteiger partial charge in [-0.25, -0.2) is 4.39 Å². The van der Waals surface area contributed by atoms with Crippen molar-refractivity contribution in [2.24, 2.45) is 5.73 Å². The number of hydrogen-bond donors (Lipinski definition) is 2. The Balaban J connectivity index is 2.25. The van der Waals surface area contributed by atoms with Crippen molar-refractivity contribution >= 4 is 17.2 Å². The summed E-state index contributed by atoms with van der Waals surface area (Å²) in [6.07, 6.45) is 0. The van der Waals surface area contributed by atoms with Gasteiger partial charge in [-0.2, -0.15) is 0 Å². The van der Waals surface area contributed by atoms with Gasteiger partial charge < -0.3 is 11.1 Å². The van der Waals surface area contributed by atoms with E-state index >= 15 is 0 Å². The molecule has 2 rings (SSSR count). The minimum atomic E-state index is -0.251. The van der Waals surface area contributed by atoms with E-state index < -0.39 is 0 Å². The molecule has 0 bridgehead atoms. The first-order valence-electron chi connectivity index (χ1n) is 5.68. The highest BCUT2D eigenvalue weighted by atomic mass is 32.1. The molecular formula is C12H16FN3S. The lowest BCUT2D eigenvalue weighted by Gasteiger charge is -2.34. The van der Waals surface area contributed by atoms with Gasteiger partial charge in [-0.1, -0.05) is 24.4 Å². The Morgan fingerprint density at radius 1 is 1.41 bits per heavy atom. The van der Waals surface area contributed by atoms with Gasteiger partial charge in [-0.3, -0.25) is 4.90 Å². The van der Waals surface area contributed by atoms with Gasteiger partial charge in [0.15, 0.2) is 0 Å². The molecule has 5 heteroatoms. The van der Waals surface area contributed by atoms with Crippen LogP contribution in [0.4, 0.5) is 4.39 Å². The van der Waals surface area contributed by atoms with E-state index in [4.69, 9.17) is 18.0 Å². The van der Waals surface area contributed by atoms with Crippen molar-refractivity contribution in [3.05, 3.63) is 35.6 Å². The van der Waals surface area contributed by atoms with E-state index in [0.29, 0.717) is 4.99 Å². The van der Waals surface area contributed by atoms with Gasteiger partial charge in [-0.15, -0.1) is 0 Å². The standard InChI is InChI=1S/C12H16FN3S/c13-10-3-1-2-9(8-10)11(12(14)17)16-6-4-15-5-7-16/h1-3,8,11,15H,4-7H2,(H2,14,17). The van der Waals surface area contributed by atoms with Gasteiger partial charge in [0.25, 0.3) is 0 Å². The fourth-order valence-corrected chi connectivity index (χ4v) is 2.46. The molecule has 1 aliphatic heterocycles. The number of thiocarbonyl (C=S) groups is 1. The van der Waals surface area contributed by atoms with E-state index in [2.05, 4.69) is 10.2 Å². The van der Waals surface area contributed by atoms with Crippen LogP contribution in [0, 0.1) is 5.82 Å². The molecule has 3 nitrogen and oxygen atoms in total. The van der Waals surface area contributed by atoms with Gasteiger partial charge in [-0.05, 0) is 17.7 Å². The molecular weight excluding hydrogens is 237 g/mol. The van der Waals surface area contributed by atoms with Crippen molar-refractivity contribution in [3.8, 4) is 0 Å². The van der Waals surface area contributed by atoms with Crippen molar-refractivity contribution < 1.29 is 4.39 Å². The molecule has 0 spiro atoms. The summed E-state index contributed by atoms with van der Waals surface area (Å²) in [7, 11) is 0. The maximum atomic E-state index is 13.2. The van der Waals surface area contributed by atoms with E-state index in [-0.39, 0.29) is 11.9 Å². The summed E-state index contributed by atoms with van der Waals surface area (Å²) in [4.78, 5) is 2.59. The maximum absolute atomic E-state index is 13.2. The summed E-state index contributed by atoms with van der Waals surface area (Å²) < 4.78 is 13.2. The summed E-state index contributed by atoms with van der Waals surface area (Å²) in [5, 5.41) is 3.27. The van der Waals surface area contributed by atoms with Crippen LogP contribution in [0.1, 0.15) is 11.6 Å². The smallest absolute Gasteiger partial charge is 0.123 e. The topological polar surface area (TPSA) is 41.3 Å². The molecule has 1 saturated heterocycles. The lowest BCUT2D eigenvalue weighted by Crippen LogP contribution is -2.48. The Hall–Kier alpha value is -1.04. The SMILES string of the molecule is NC(=S)C(c1cccc(F)c1)N1CCNCC1. The molecule has 0 radical (unpaired) electrons. The van der Waals surface area contributed by atoms with E-state index in [9.17, 15) is 4.39 Å². The summed E-state index contributed by atoms with van der Waals surface area (Å²) in [5.41, 5.74) is 6.63. The molecule has 1 aliphatic rings. The first-order chi connectivity index (χ1) is 8.18. The summed E-state index contributed by atoms with van der Waals surface area (Å²) in [5.74, 6) is -0.251. The number of piperazine rings is 1. The number of halogens is 1. The first kappa shape index (κ1) is 12.4. The van der Waals surface area contributed by atoms with Gasteiger partial charge in [0.1, 0.15) is 5.82 Å². The van der Waals surface area contributed by atoms with E-state index in [1.807, 2.05) is 6.07 Å². The van der Waals surface area contributed by atoms with Crippen LogP contribution in [0.15, 0.2) is 24.3 Å². The minimum absolute atomic E-state index is 0.164. The molecule has 1 fully saturated rings. The normalized spacial score (nSPS) is 18.9. The second kappa shape index (κ2) is 5.53. The number of nitrogens with one attached hydrogen (secondary N) is 1. The molecule has 1 aromatic carbocycles. The Kier molecular flexibility index (Phi) is 4.04. The predicted octanol–water partition coefficient (Wildman–Crippen LogP) is 1.06. The minimum Gasteiger partial charge on any atom is -0.392 e. The van der Waals surface area contributed by atoms with E-state index in [0.717, 1.165) is 31.7 Å². The molecule has 3 N–H and O–H groups in total. The third-order valence-electron chi connectivity index (χ3n) is 2.95. The molecule has 1 aromatic rings. The number of rotatable bonds is 3. The quantitative estimate of drug-likeness (QED) is 0.790. The molecule has 1 unspecified atom stereocenters. The zero-order valence-electron chi connectivity index (χ0n) is 9.53. The molecule has 0 aliphatic carbocycles. The third-order valence-corrected chi connectivity index (χ3v) is 3.17. The second-order valence-corrected chi connectivity index (χ2v) is 4.62. The average molecular weight is 253 g/mol. The Morgan fingerprint density at radius 2 is 2.12 bits per heavy atom. The number of nitrogens with two attached hydrogens (primary N) is 1. The van der Waals surface area contributed by atoms with Crippen molar-refractivity contribution in [2.45, 2.75) is 6.04 Å². The van der Waals surface area contributed by atoms with Gasteiger partial charge in [0.05, 0.1) is 11.0 Å². The molecule has 1 atom stereocenters. The zero-order valence-corrected chi connectivity index (χ0v) is 10.3.